The molecule has 1 heterocycles. The molecule has 1 aliphatic carbocycles. The van der Waals surface area contributed by atoms with Crippen molar-refractivity contribution in [2.75, 3.05) is 13.1 Å². The normalized spacial score (nSPS) is 19.2. The lowest BCUT2D eigenvalue weighted by Crippen LogP contribution is -2.27. The third-order valence-electron chi connectivity index (χ3n) is 4.22. The first kappa shape index (κ1) is 15.3. The quantitative estimate of drug-likeness (QED) is 0.900. The number of benzene rings is 1. The van der Waals surface area contributed by atoms with Crippen molar-refractivity contribution in [2.45, 2.75) is 44.6 Å². The first-order chi connectivity index (χ1) is 9.24. The molecule has 1 aliphatic heterocycles. The molecule has 2 aliphatic rings. The lowest BCUT2D eigenvalue weighted by atomic mass is 9.87. The summed E-state index contributed by atoms with van der Waals surface area (Å²) in [6.45, 7) is 4.34. The van der Waals surface area contributed by atoms with E-state index in [1.807, 2.05) is 6.07 Å². The highest BCUT2D eigenvalue weighted by Gasteiger charge is 2.24. The summed E-state index contributed by atoms with van der Waals surface area (Å²) in [7, 11) is 0. The SMILES string of the molecule is Cc1cc(C(=O)NC2CC2)ccc1C1CCNCC1.Cl. The van der Waals surface area contributed by atoms with Crippen LogP contribution in [0.1, 0.15) is 53.1 Å². The molecule has 0 bridgehead atoms. The average Bonchev–Trinajstić information content (AvgIpc) is 3.23. The van der Waals surface area contributed by atoms with Crippen LogP contribution in [0.15, 0.2) is 18.2 Å². The van der Waals surface area contributed by atoms with E-state index in [-0.39, 0.29) is 18.3 Å². The molecule has 2 fully saturated rings. The largest absolute Gasteiger partial charge is 0.349 e. The first-order valence-corrected chi connectivity index (χ1v) is 7.36. The van der Waals surface area contributed by atoms with Gasteiger partial charge in [0.2, 0.25) is 0 Å². The van der Waals surface area contributed by atoms with Crippen molar-refractivity contribution in [1.82, 2.24) is 10.6 Å². The van der Waals surface area contributed by atoms with Crippen molar-refractivity contribution in [3.8, 4) is 0 Å². The van der Waals surface area contributed by atoms with Crippen molar-refractivity contribution in [3.05, 3.63) is 34.9 Å². The zero-order valence-corrected chi connectivity index (χ0v) is 12.8. The molecule has 0 unspecified atom stereocenters. The van der Waals surface area contributed by atoms with E-state index in [0.717, 1.165) is 31.5 Å². The smallest absolute Gasteiger partial charge is 0.251 e. The Morgan fingerprint density at radius 1 is 1.20 bits per heavy atom. The maximum absolute atomic E-state index is 12.0. The van der Waals surface area contributed by atoms with Crippen LogP contribution in [0.5, 0.6) is 0 Å². The van der Waals surface area contributed by atoms with Crippen LogP contribution in [0.4, 0.5) is 0 Å². The minimum Gasteiger partial charge on any atom is -0.349 e. The first-order valence-electron chi connectivity index (χ1n) is 7.36. The van der Waals surface area contributed by atoms with Crippen LogP contribution in [0.3, 0.4) is 0 Å². The van der Waals surface area contributed by atoms with E-state index in [0.29, 0.717) is 12.0 Å². The van der Waals surface area contributed by atoms with Gasteiger partial charge in [0.15, 0.2) is 0 Å². The fourth-order valence-corrected chi connectivity index (χ4v) is 2.90. The standard InChI is InChI=1S/C16H22N2O.ClH/c1-11-10-13(16(19)18-14-3-4-14)2-5-15(11)12-6-8-17-9-7-12;/h2,5,10,12,14,17H,3-4,6-9H2,1H3,(H,18,19);1H. The van der Waals surface area contributed by atoms with Crippen molar-refractivity contribution >= 4 is 18.3 Å². The summed E-state index contributed by atoms with van der Waals surface area (Å²) in [6, 6.07) is 6.63. The van der Waals surface area contributed by atoms with Crippen molar-refractivity contribution in [2.24, 2.45) is 0 Å². The lowest BCUT2D eigenvalue weighted by molar-refractivity contribution is 0.0951. The molecule has 0 atom stereocenters. The second kappa shape index (κ2) is 6.59. The van der Waals surface area contributed by atoms with E-state index >= 15 is 0 Å². The third-order valence-corrected chi connectivity index (χ3v) is 4.22. The van der Waals surface area contributed by atoms with Gasteiger partial charge in [-0.25, -0.2) is 0 Å². The minimum atomic E-state index is 0. The van der Waals surface area contributed by atoms with Gasteiger partial charge in [-0.1, -0.05) is 6.07 Å². The summed E-state index contributed by atoms with van der Waals surface area (Å²) >= 11 is 0. The topological polar surface area (TPSA) is 41.1 Å². The van der Waals surface area contributed by atoms with Crippen LogP contribution >= 0.6 is 12.4 Å². The zero-order valence-electron chi connectivity index (χ0n) is 11.9. The van der Waals surface area contributed by atoms with E-state index in [1.54, 1.807) is 0 Å². The number of rotatable bonds is 3. The maximum atomic E-state index is 12.0. The lowest BCUT2D eigenvalue weighted by Gasteiger charge is -2.24. The molecule has 20 heavy (non-hydrogen) atoms. The molecule has 2 N–H and O–H groups in total. The number of hydrogen-bond acceptors (Lipinski definition) is 2. The van der Waals surface area contributed by atoms with Crippen molar-refractivity contribution in [3.63, 3.8) is 0 Å². The number of aryl methyl sites for hydroxylation is 1. The van der Waals surface area contributed by atoms with E-state index in [9.17, 15) is 4.79 Å². The second-order valence-corrected chi connectivity index (χ2v) is 5.84. The predicted octanol–water partition coefficient (Wildman–Crippen LogP) is 2.78. The third kappa shape index (κ3) is 3.53. The second-order valence-electron chi connectivity index (χ2n) is 5.84. The van der Waals surface area contributed by atoms with Crippen LogP contribution < -0.4 is 10.6 Å². The van der Waals surface area contributed by atoms with Crippen LogP contribution in [0.25, 0.3) is 0 Å². The fourth-order valence-electron chi connectivity index (χ4n) is 2.90. The number of nitrogens with one attached hydrogen (secondary N) is 2. The molecule has 1 amide bonds. The summed E-state index contributed by atoms with van der Waals surface area (Å²) in [4.78, 5) is 12.0. The monoisotopic (exact) mass is 294 g/mol. The molecule has 1 saturated carbocycles. The van der Waals surface area contributed by atoms with Crippen LogP contribution in [0.2, 0.25) is 0 Å². The Morgan fingerprint density at radius 3 is 2.50 bits per heavy atom. The molecule has 0 spiro atoms. The van der Waals surface area contributed by atoms with Gasteiger partial charge in [-0.15, -0.1) is 12.4 Å². The molecular weight excluding hydrogens is 272 g/mol. The van der Waals surface area contributed by atoms with Gasteiger partial charge in [0, 0.05) is 11.6 Å². The molecule has 1 saturated heterocycles. The highest BCUT2D eigenvalue weighted by molar-refractivity contribution is 5.94. The summed E-state index contributed by atoms with van der Waals surface area (Å²) in [6.07, 6.45) is 4.68. The van der Waals surface area contributed by atoms with Gasteiger partial charge in [-0.2, -0.15) is 0 Å². The average molecular weight is 295 g/mol. The zero-order chi connectivity index (χ0) is 13.2. The minimum absolute atomic E-state index is 0. The Morgan fingerprint density at radius 2 is 1.90 bits per heavy atom. The number of halogens is 1. The molecule has 0 aromatic heterocycles. The number of carbonyl (C=O) groups excluding carboxylic acids is 1. The highest BCUT2D eigenvalue weighted by atomic mass is 35.5. The molecule has 3 rings (SSSR count). The summed E-state index contributed by atoms with van der Waals surface area (Å²) in [5, 5.41) is 6.45. The molecule has 1 aromatic rings. The molecule has 1 aromatic carbocycles. The van der Waals surface area contributed by atoms with Gasteiger partial charge in [0.05, 0.1) is 0 Å². The Kier molecular flexibility index (Phi) is 5.06. The number of piperidine rings is 1. The molecule has 3 nitrogen and oxygen atoms in total. The highest BCUT2D eigenvalue weighted by Crippen LogP contribution is 2.28. The molecule has 0 radical (unpaired) electrons. The van der Waals surface area contributed by atoms with Gasteiger partial charge in [0.25, 0.3) is 5.91 Å². The van der Waals surface area contributed by atoms with Gasteiger partial charge in [-0.05, 0) is 74.9 Å². The number of carbonyl (C=O) groups is 1. The van der Waals surface area contributed by atoms with Crippen LogP contribution in [0, 0.1) is 6.92 Å². The van der Waals surface area contributed by atoms with Gasteiger partial charge in [0.1, 0.15) is 0 Å². The summed E-state index contributed by atoms with van der Waals surface area (Å²) in [5.74, 6) is 0.740. The molecule has 110 valence electrons. The van der Waals surface area contributed by atoms with E-state index in [1.165, 1.54) is 24.0 Å². The summed E-state index contributed by atoms with van der Waals surface area (Å²) in [5.41, 5.74) is 3.49. The van der Waals surface area contributed by atoms with Crippen LogP contribution in [-0.2, 0) is 0 Å². The van der Waals surface area contributed by atoms with Crippen LogP contribution in [-0.4, -0.2) is 25.0 Å². The summed E-state index contributed by atoms with van der Waals surface area (Å²) < 4.78 is 0. The predicted molar refractivity (Wildman–Crippen MR) is 83.8 cm³/mol. The number of amides is 1. The van der Waals surface area contributed by atoms with E-state index in [2.05, 4.69) is 29.7 Å². The van der Waals surface area contributed by atoms with Gasteiger partial charge < -0.3 is 10.6 Å². The fraction of sp³-hybridized carbons (Fsp3) is 0.562. The van der Waals surface area contributed by atoms with E-state index < -0.39 is 0 Å². The Hall–Kier alpha value is -1.06. The molecule has 4 heteroatoms. The Balaban J connectivity index is 0.00000147. The van der Waals surface area contributed by atoms with Crippen molar-refractivity contribution < 1.29 is 4.79 Å². The maximum Gasteiger partial charge on any atom is 0.251 e. The molecular formula is C16H23ClN2O. The van der Waals surface area contributed by atoms with Gasteiger partial charge in [-0.3, -0.25) is 4.79 Å². The Bertz CT molecular complexity index is 479. The number of hydrogen-bond donors (Lipinski definition) is 2. The Labute approximate surface area is 126 Å². The van der Waals surface area contributed by atoms with E-state index in [4.69, 9.17) is 0 Å². The van der Waals surface area contributed by atoms with Gasteiger partial charge >= 0.3 is 0 Å². The van der Waals surface area contributed by atoms with Crippen molar-refractivity contribution in [1.29, 1.82) is 0 Å².